The van der Waals surface area contributed by atoms with Gasteiger partial charge in [-0.3, -0.25) is 0 Å². The lowest BCUT2D eigenvalue weighted by Gasteiger charge is -2.09. The van der Waals surface area contributed by atoms with E-state index in [9.17, 15) is 0 Å². The molecule has 2 rings (SSSR count). The van der Waals surface area contributed by atoms with Crippen LogP contribution in [0.4, 0.5) is 17.3 Å². The molecule has 0 atom stereocenters. The highest BCUT2D eigenvalue weighted by atomic mass is 32.2. The van der Waals surface area contributed by atoms with Crippen LogP contribution < -0.4 is 10.6 Å². The minimum atomic E-state index is 0.754. The predicted octanol–water partition coefficient (Wildman–Crippen LogP) is 4.33. The van der Waals surface area contributed by atoms with Crippen LogP contribution in [0.3, 0.4) is 0 Å². The van der Waals surface area contributed by atoms with E-state index in [1.807, 2.05) is 19.4 Å². The van der Waals surface area contributed by atoms with Crippen LogP contribution >= 0.6 is 11.8 Å². The molecule has 1 aromatic carbocycles. The van der Waals surface area contributed by atoms with Crippen LogP contribution in [0.2, 0.25) is 0 Å². The normalized spacial score (nSPS) is 10.4. The van der Waals surface area contributed by atoms with Gasteiger partial charge in [0.1, 0.15) is 11.6 Å². The van der Waals surface area contributed by atoms with Crippen LogP contribution in [-0.4, -0.2) is 23.3 Å². The van der Waals surface area contributed by atoms with Gasteiger partial charge < -0.3 is 10.6 Å². The summed E-state index contributed by atoms with van der Waals surface area (Å²) in [6.07, 6.45) is 5.58. The van der Waals surface area contributed by atoms with Crippen molar-refractivity contribution >= 4 is 29.1 Å². The minimum Gasteiger partial charge on any atom is -0.373 e. The lowest BCUT2D eigenvalue weighted by Crippen LogP contribution is -2.00. The van der Waals surface area contributed by atoms with Crippen molar-refractivity contribution in [3.05, 3.63) is 35.9 Å². The molecule has 4 nitrogen and oxygen atoms in total. The summed E-state index contributed by atoms with van der Waals surface area (Å²) in [6, 6.07) is 10.5. The van der Waals surface area contributed by atoms with Crippen LogP contribution in [0.1, 0.15) is 25.3 Å². The van der Waals surface area contributed by atoms with Crippen LogP contribution in [0, 0.1) is 0 Å². The molecule has 5 heteroatoms. The molecule has 0 aliphatic heterocycles. The quantitative estimate of drug-likeness (QED) is 0.589. The van der Waals surface area contributed by atoms with E-state index >= 15 is 0 Å². The summed E-state index contributed by atoms with van der Waals surface area (Å²) in [5.41, 5.74) is 2.42. The summed E-state index contributed by atoms with van der Waals surface area (Å²) in [5.74, 6) is 1.62. The summed E-state index contributed by atoms with van der Waals surface area (Å²) < 4.78 is 0. The maximum absolute atomic E-state index is 4.47. The summed E-state index contributed by atoms with van der Waals surface area (Å²) in [6.45, 7) is 2.22. The van der Waals surface area contributed by atoms with E-state index in [1.54, 1.807) is 0 Å². The Balaban J connectivity index is 2.10. The van der Waals surface area contributed by atoms with Crippen LogP contribution in [0.5, 0.6) is 0 Å². The van der Waals surface area contributed by atoms with Gasteiger partial charge in [-0.15, -0.1) is 0 Å². The summed E-state index contributed by atoms with van der Waals surface area (Å²) in [4.78, 5) is 8.83. The Morgan fingerprint density at radius 2 is 1.81 bits per heavy atom. The monoisotopic (exact) mass is 302 g/mol. The number of hydrogen-bond donors (Lipinski definition) is 2. The van der Waals surface area contributed by atoms with Crippen molar-refractivity contribution < 1.29 is 0 Å². The Labute approximate surface area is 130 Å². The van der Waals surface area contributed by atoms with Gasteiger partial charge >= 0.3 is 0 Å². The number of nitrogens with zero attached hydrogens (tertiary/aromatic N) is 2. The number of hydrogen-bond acceptors (Lipinski definition) is 5. The molecule has 0 amide bonds. The number of thioether (sulfide) groups is 1. The SMILES string of the molecule is CCCCc1ccc(Nc2cc(NC)nc(SC)n2)cc1. The average Bonchev–Trinajstić information content (AvgIpc) is 2.53. The topological polar surface area (TPSA) is 49.8 Å². The van der Waals surface area contributed by atoms with Gasteiger partial charge in [0.15, 0.2) is 5.16 Å². The molecule has 0 aliphatic rings. The molecule has 1 aromatic heterocycles. The highest BCUT2D eigenvalue weighted by Crippen LogP contribution is 2.21. The lowest BCUT2D eigenvalue weighted by molar-refractivity contribution is 0.795. The van der Waals surface area contributed by atoms with Gasteiger partial charge in [-0.1, -0.05) is 37.2 Å². The van der Waals surface area contributed by atoms with E-state index in [0.717, 1.165) is 28.9 Å². The van der Waals surface area contributed by atoms with Gasteiger partial charge in [0, 0.05) is 18.8 Å². The maximum Gasteiger partial charge on any atom is 0.191 e. The van der Waals surface area contributed by atoms with Gasteiger partial charge in [-0.25, -0.2) is 9.97 Å². The Kier molecular flexibility index (Phi) is 5.87. The van der Waals surface area contributed by atoms with E-state index in [-0.39, 0.29) is 0 Å². The van der Waals surface area contributed by atoms with Gasteiger partial charge in [0.2, 0.25) is 0 Å². The molecule has 2 aromatic rings. The fourth-order valence-electron chi connectivity index (χ4n) is 1.99. The molecule has 0 radical (unpaired) electrons. The molecular weight excluding hydrogens is 280 g/mol. The van der Waals surface area contributed by atoms with Gasteiger partial charge in [-0.05, 0) is 36.8 Å². The van der Waals surface area contributed by atoms with Crippen molar-refractivity contribution in [1.82, 2.24) is 9.97 Å². The Morgan fingerprint density at radius 3 is 2.43 bits per heavy atom. The van der Waals surface area contributed by atoms with E-state index in [2.05, 4.69) is 51.8 Å². The molecule has 2 N–H and O–H groups in total. The fourth-order valence-corrected chi connectivity index (χ4v) is 2.37. The molecule has 0 saturated heterocycles. The van der Waals surface area contributed by atoms with Crippen molar-refractivity contribution in [1.29, 1.82) is 0 Å². The standard InChI is InChI=1S/C16H22N4S/c1-4-5-6-12-7-9-13(10-8-12)18-15-11-14(17-2)19-16(20-15)21-3/h7-11H,4-6H2,1-3H3,(H2,17,18,19,20). The number of nitrogens with one attached hydrogen (secondary N) is 2. The summed E-state index contributed by atoms with van der Waals surface area (Å²) >= 11 is 1.53. The van der Waals surface area contributed by atoms with Gasteiger partial charge in [-0.2, -0.15) is 0 Å². The lowest BCUT2D eigenvalue weighted by atomic mass is 10.1. The van der Waals surface area contributed by atoms with Gasteiger partial charge in [0.05, 0.1) is 0 Å². The van der Waals surface area contributed by atoms with Crippen molar-refractivity contribution in [3.8, 4) is 0 Å². The fraction of sp³-hybridized carbons (Fsp3) is 0.375. The van der Waals surface area contributed by atoms with E-state index < -0.39 is 0 Å². The molecule has 0 unspecified atom stereocenters. The summed E-state index contributed by atoms with van der Waals surface area (Å²) in [7, 11) is 1.86. The highest BCUT2D eigenvalue weighted by Gasteiger charge is 2.03. The second kappa shape index (κ2) is 7.88. The molecule has 1 heterocycles. The predicted molar refractivity (Wildman–Crippen MR) is 91.7 cm³/mol. The van der Waals surface area contributed by atoms with E-state index in [4.69, 9.17) is 0 Å². The molecule has 0 saturated carbocycles. The second-order valence-electron chi connectivity index (χ2n) is 4.80. The largest absolute Gasteiger partial charge is 0.373 e. The molecular formula is C16H22N4S. The first-order valence-corrected chi connectivity index (χ1v) is 8.44. The van der Waals surface area contributed by atoms with Crippen molar-refractivity contribution in [2.24, 2.45) is 0 Å². The highest BCUT2D eigenvalue weighted by molar-refractivity contribution is 7.98. The Bertz CT molecular complexity index is 547. The molecule has 21 heavy (non-hydrogen) atoms. The van der Waals surface area contributed by atoms with Crippen molar-refractivity contribution in [3.63, 3.8) is 0 Å². The third-order valence-electron chi connectivity index (χ3n) is 3.19. The van der Waals surface area contributed by atoms with E-state index in [0.29, 0.717) is 0 Å². The number of unbranched alkanes of at least 4 members (excludes halogenated alkanes) is 1. The first-order chi connectivity index (χ1) is 10.2. The van der Waals surface area contributed by atoms with Gasteiger partial charge in [0.25, 0.3) is 0 Å². The zero-order valence-corrected chi connectivity index (χ0v) is 13.6. The molecule has 0 bridgehead atoms. The van der Waals surface area contributed by atoms with Crippen LogP contribution in [0.25, 0.3) is 0 Å². The number of aryl methyl sites for hydroxylation is 1. The zero-order valence-electron chi connectivity index (χ0n) is 12.8. The average molecular weight is 302 g/mol. The minimum absolute atomic E-state index is 0.754. The van der Waals surface area contributed by atoms with E-state index in [1.165, 1.54) is 30.2 Å². The number of rotatable bonds is 7. The third kappa shape index (κ3) is 4.63. The number of anilines is 3. The Hall–Kier alpha value is -1.75. The van der Waals surface area contributed by atoms with Crippen LogP contribution in [-0.2, 0) is 6.42 Å². The smallest absolute Gasteiger partial charge is 0.191 e. The third-order valence-corrected chi connectivity index (χ3v) is 3.74. The van der Waals surface area contributed by atoms with Crippen molar-refractivity contribution in [2.45, 2.75) is 31.3 Å². The second-order valence-corrected chi connectivity index (χ2v) is 5.57. The maximum atomic E-state index is 4.47. The molecule has 0 aliphatic carbocycles. The number of aromatic nitrogens is 2. The number of benzene rings is 1. The Morgan fingerprint density at radius 1 is 1.10 bits per heavy atom. The molecule has 0 spiro atoms. The first kappa shape index (κ1) is 15.6. The first-order valence-electron chi connectivity index (χ1n) is 7.22. The summed E-state index contributed by atoms with van der Waals surface area (Å²) in [5, 5.41) is 7.14. The van der Waals surface area contributed by atoms with Crippen molar-refractivity contribution in [2.75, 3.05) is 23.9 Å². The molecule has 0 fully saturated rings. The zero-order chi connectivity index (χ0) is 15.1. The molecule has 112 valence electrons. The van der Waals surface area contributed by atoms with Crippen LogP contribution in [0.15, 0.2) is 35.5 Å².